The maximum atomic E-state index is 11.1. The summed E-state index contributed by atoms with van der Waals surface area (Å²) in [5.74, 6) is 2.29. The van der Waals surface area contributed by atoms with Crippen LogP contribution in [0.4, 0.5) is 0 Å². The third kappa shape index (κ3) is 1.51. The van der Waals surface area contributed by atoms with E-state index < -0.39 is 0 Å². The van der Waals surface area contributed by atoms with E-state index in [1.807, 2.05) is 24.3 Å². The first-order chi connectivity index (χ1) is 8.20. The normalized spacial score (nSPS) is 16.5. The third-order valence-electron chi connectivity index (χ3n) is 2.81. The lowest BCUT2D eigenvalue weighted by Crippen LogP contribution is -1.99. The molecule has 1 aromatic heterocycles. The zero-order valence-corrected chi connectivity index (χ0v) is 9.54. The smallest absolute Gasteiger partial charge is 0.181 e. The molecule has 0 fully saturated rings. The first-order valence-electron chi connectivity index (χ1n) is 5.32. The second-order valence-corrected chi connectivity index (χ2v) is 3.98. The Bertz CT molecular complexity index is 565. The van der Waals surface area contributed by atoms with Gasteiger partial charge in [0.25, 0.3) is 0 Å². The topological polar surface area (TPSA) is 57.0 Å². The van der Waals surface area contributed by atoms with Gasteiger partial charge in [-0.05, 0) is 31.2 Å². The summed E-state index contributed by atoms with van der Waals surface area (Å²) >= 11 is 0. The predicted molar refractivity (Wildman–Crippen MR) is 60.8 cm³/mol. The lowest BCUT2D eigenvalue weighted by Gasteiger charge is -2.00. The van der Waals surface area contributed by atoms with Crippen LogP contribution in [0.5, 0.6) is 5.75 Å². The van der Waals surface area contributed by atoms with Gasteiger partial charge in [-0.3, -0.25) is 4.79 Å². The number of aromatic nitrogens is 3. The van der Waals surface area contributed by atoms with Gasteiger partial charge < -0.3 is 4.74 Å². The summed E-state index contributed by atoms with van der Waals surface area (Å²) < 4.78 is 6.73. The Balaban J connectivity index is 1.86. The SMILES string of the molecule is COc1ccc(-c2nc3n(n2)C3C(C)=O)cc1. The molecule has 0 saturated carbocycles. The molecule has 2 heterocycles. The number of rotatable bonds is 3. The number of carbonyl (C=O) groups is 1. The molecule has 1 unspecified atom stereocenters. The van der Waals surface area contributed by atoms with Crippen LogP contribution in [0.15, 0.2) is 24.3 Å². The van der Waals surface area contributed by atoms with E-state index in [2.05, 4.69) is 10.1 Å². The average molecular weight is 229 g/mol. The highest BCUT2D eigenvalue weighted by Crippen LogP contribution is 2.34. The van der Waals surface area contributed by atoms with Crippen LogP contribution in [0, 0.1) is 0 Å². The van der Waals surface area contributed by atoms with E-state index in [-0.39, 0.29) is 11.8 Å². The van der Waals surface area contributed by atoms with E-state index in [0.29, 0.717) is 5.82 Å². The van der Waals surface area contributed by atoms with Crippen molar-refractivity contribution >= 4 is 5.78 Å². The molecule has 0 radical (unpaired) electrons. The quantitative estimate of drug-likeness (QED) is 0.799. The number of nitrogens with zero attached hydrogens (tertiary/aromatic N) is 3. The van der Waals surface area contributed by atoms with Gasteiger partial charge in [0.15, 0.2) is 23.5 Å². The fourth-order valence-electron chi connectivity index (χ4n) is 1.85. The Kier molecular flexibility index (Phi) is 2.01. The van der Waals surface area contributed by atoms with Crippen LogP contribution in [0.25, 0.3) is 11.4 Å². The number of hydrogen-bond donors (Lipinski definition) is 0. The molecule has 17 heavy (non-hydrogen) atoms. The molecule has 3 rings (SSSR count). The zero-order valence-electron chi connectivity index (χ0n) is 9.54. The van der Waals surface area contributed by atoms with Crippen LogP contribution in [-0.4, -0.2) is 27.7 Å². The van der Waals surface area contributed by atoms with Gasteiger partial charge in [0.05, 0.1) is 7.11 Å². The van der Waals surface area contributed by atoms with Crippen LogP contribution >= 0.6 is 0 Å². The van der Waals surface area contributed by atoms with Gasteiger partial charge in [-0.15, -0.1) is 5.10 Å². The molecule has 0 spiro atoms. The Morgan fingerprint density at radius 2 is 2.06 bits per heavy atom. The largest absolute Gasteiger partial charge is 0.497 e. The number of benzene rings is 1. The molecular weight excluding hydrogens is 218 g/mol. The second-order valence-electron chi connectivity index (χ2n) is 3.98. The van der Waals surface area contributed by atoms with Gasteiger partial charge in [-0.2, -0.15) is 0 Å². The molecule has 2 aromatic rings. The van der Waals surface area contributed by atoms with Crippen molar-refractivity contribution in [3.05, 3.63) is 30.1 Å². The molecule has 0 amide bonds. The molecule has 1 atom stereocenters. The summed E-state index contributed by atoms with van der Waals surface area (Å²) in [7, 11) is 1.63. The number of ketones is 1. The molecule has 5 heteroatoms. The van der Waals surface area contributed by atoms with Crippen LogP contribution in [-0.2, 0) is 4.79 Å². The van der Waals surface area contributed by atoms with Gasteiger partial charge in [0.1, 0.15) is 5.75 Å². The minimum Gasteiger partial charge on any atom is -0.497 e. The first-order valence-corrected chi connectivity index (χ1v) is 5.32. The Morgan fingerprint density at radius 1 is 1.35 bits per heavy atom. The molecule has 0 bridgehead atoms. The lowest BCUT2D eigenvalue weighted by molar-refractivity contribution is -0.117. The first kappa shape index (κ1) is 10.0. The second kappa shape index (κ2) is 3.41. The third-order valence-corrected chi connectivity index (χ3v) is 2.81. The molecule has 5 nitrogen and oxygen atoms in total. The zero-order chi connectivity index (χ0) is 12.0. The minimum absolute atomic E-state index is 0.0845. The van der Waals surface area contributed by atoms with Gasteiger partial charge in [0, 0.05) is 5.56 Å². The predicted octanol–water partition coefficient (Wildman–Crippen LogP) is 1.45. The Labute approximate surface area is 98.0 Å². The molecule has 86 valence electrons. The number of fused-ring (bicyclic) bond motifs is 1. The van der Waals surface area contributed by atoms with Crippen LogP contribution in [0.2, 0.25) is 0 Å². The number of Topliss-reactive ketones (excluding diaryl/α,β-unsaturated/α-hetero) is 1. The van der Waals surface area contributed by atoms with E-state index in [0.717, 1.165) is 17.1 Å². The van der Waals surface area contributed by atoms with E-state index in [9.17, 15) is 4.79 Å². The molecule has 1 aliphatic rings. The van der Waals surface area contributed by atoms with E-state index >= 15 is 0 Å². The highest BCUT2D eigenvalue weighted by atomic mass is 16.5. The number of methoxy groups -OCH3 is 1. The molecule has 1 aromatic carbocycles. The van der Waals surface area contributed by atoms with E-state index in [1.165, 1.54) is 0 Å². The summed E-state index contributed by atoms with van der Waals surface area (Å²) in [6.45, 7) is 1.55. The summed E-state index contributed by atoms with van der Waals surface area (Å²) in [6, 6.07) is 7.31. The Morgan fingerprint density at radius 3 is 2.53 bits per heavy atom. The maximum absolute atomic E-state index is 11.1. The summed E-state index contributed by atoms with van der Waals surface area (Å²) in [5, 5.41) is 4.28. The highest BCUT2D eigenvalue weighted by Gasteiger charge is 2.41. The van der Waals surface area contributed by atoms with Crippen molar-refractivity contribution in [1.82, 2.24) is 14.8 Å². The number of carbonyl (C=O) groups excluding carboxylic acids is 1. The van der Waals surface area contributed by atoms with E-state index in [4.69, 9.17) is 4.74 Å². The lowest BCUT2D eigenvalue weighted by atomic mass is 10.2. The summed E-state index contributed by atoms with van der Waals surface area (Å²) in [4.78, 5) is 15.5. The van der Waals surface area contributed by atoms with Crippen molar-refractivity contribution in [2.75, 3.05) is 7.11 Å². The van der Waals surface area contributed by atoms with Gasteiger partial charge in [0.2, 0.25) is 0 Å². The van der Waals surface area contributed by atoms with Crippen molar-refractivity contribution in [2.24, 2.45) is 0 Å². The fourth-order valence-corrected chi connectivity index (χ4v) is 1.85. The van der Waals surface area contributed by atoms with Crippen molar-refractivity contribution in [3.8, 4) is 17.1 Å². The molecule has 1 aliphatic heterocycles. The highest BCUT2D eigenvalue weighted by molar-refractivity contribution is 5.86. The van der Waals surface area contributed by atoms with Gasteiger partial charge in [-0.1, -0.05) is 0 Å². The summed E-state index contributed by atoms with van der Waals surface area (Å²) in [6.07, 6.45) is 0. The van der Waals surface area contributed by atoms with Crippen molar-refractivity contribution < 1.29 is 9.53 Å². The van der Waals surface area contributed by atoms with Gasteiger partial charge in [-0.25, -0.2) is 9.67 Å². The maximum Gasteiger partial charge on any atom is 0.181 e. The van der Waals surface area contributed by atoms with Crippen LogP contribution < -0.4 is 4.74 Å². The molecule has 0 N–H and O–H groups in total. The number of ether oxygens (including phenoxy) is 1. The van der Waals surface area contributed by atoms with Crippen molar-refractivity contribution in [2.45, 2.75) is 13.0 Å². The van der Waals surface area contributed by atoms with E-state index in [1.54, 1.807) is 18.7 Å². The van der Waals surface area contributed by atoms with Crippen molar-refractivity contribution in [1.29, 1.82) is 0 Å². The Hall–Kier alpha value is -2.17. The monoisotopic (exact) mass is 229 g/mol. The number of hydrogen-bond acceptors (Lipinski definition) is 4. The van der Waals surface area contributed by atoms with Crippen LogP contribution in [0.3, 0.4) is 0 Å². The minimum atomic E-state index is -0.211. The molecular formula is C12H11N3O2. The molecule has 0 aliphatic carbocycles. The standard InChI is InChI=1S/C12H11N3O2/c1-7(16)10-12-13-11(14-15(10)12)8-3-5-9(17-2)6-4-8/h3-6,10H,1-2H3. The van der Waals surface area contributed by atoms with Crippen LogP contribution in [0.1, 0.15) is 18.8 Å². The average Bonchev–Trinajstić information content (AvgIpc) is 2.86. The summed E-state index contributed by atoms with van der Waals surface area (Å²) in [5.41, 5.74) is 0.924. The van der Waals surface area contributed by atoms with Gasteiger partial charge >= 0.3 is 0 Å². The van der Waals surface area contributed by atoms with Crippen molar-refractivity contribution in [3.63, 3.8) is 0 Å². The molecule has 0 saturated heterocycles. The fraction of sp³-hybridized carbons (Fsp3) is 0.250.